The topological polar surface area (TPSA) is 59.6 Å². The van der Waals surface area contributed by atoms with Gasteiger partial charge in [-0.25, -0.2) is 4.99 Å². The summed E-state index contributed by atoms with van der Waals surface area (Å²) in [4.78, 5) is 4.66. The van der Waals surface area contributed by atoms with E-state index in [0.29, 0.717) is 12.1 Å². The Bertz CT molecular complexity index is 308. The summed E-state index contributed by atoms with van der Waals surface area (Å²) < 4.78 is 5.57. The highest BCUT2D eigenvalue weighted by atomic mass is 127. The van der Waals surface area contributed by atoms with Gasteiger partial charge in [0.1, 0.15) is 0 Å². The van der Waals surface area contributed by atoms with Crippen molar-refractivity contribution in [2.75, 3.05) is 7.11 Å². The lowest BCUT2D eigenvalue weighted by molar-refractivity contribution is -0.111. The largest absolute Gasteiger partial charge is 0.381 e. The van der Waals surface area contributed by atoms with Crippen molar-refractivity contribution in [1.82, 2.24) is 5.32 Å². The van der Waals surface area contributed by atoms with Crippen molar-refractivity contribution >= 4 is 29.9 Å². The molecule has 1 saturated carbocycles. The van der Waals surface area contributed by atoms with Gasteiger partial charge < -0.3 is 15.8 Å². The van der Waals surface area contributed by atoms with Crippen molar-refractivity contribution in [3.05, 3.63) is 0 Å². The van der Waals surface area contributed by atoms with Crippen molar-refractivity contribution in [2.45, 2.75) is 71.6 Å². The molecule has 0 aromatic rings. The standard InChI is InChI=1S/C14H29N3O.HI/c1-7-14(8-2)10(9-11(14)18-6)16-12(15)17-13(3,4)5;/h10-11H,7-9H2,1-6H3,(H3,15,16,17);1H. The van der Waals surface area contributed by atoms with E-state index in [4.69, 9.17) is 10.5 Å². The summed E-state index contributed by atoms with van der Waals surface area (Å²) in [6.45, 7) is 10.7. The van der Waals surface area contributed by atoms with Gasteiger partial charge in [-0.15, -0.1) is 24.0 Å². The summed E-state index contributed by atoms with van der Waals surface area (Å²) in [5, 5.41) is 3.22. The number of aliphatic imine (C=N–C) groups is 1. The lowest BCUT2D eigenvalue weighted by atomic mass is 9.59. The molecule has 0 bridgehead atoms. The second-order valence-corrected chi connectivity index (χ2v) is 6.31. The first-order chi connectivity index (χ1) is 8.29. The average molecular weight is 383 g/mol. The Balaban J connectivity index is 0.00000324. The number of nitrogens with zero attached hydrogens (tertiary/aromatic N) is 1. The number of guanidine groups is 1. The van der Waals surface area contributed by atoms with Gasteiger partial charge in [0.15, 0.2) is 5.96 Å². The zero-order valence-corrected chi connectivity index (χ0v) is 15.4. The van der Waals surface area contributed by atoms with E-state index in [1.165, 1.54) is 0 Å². The van der Waals surface area contributed by atoms with E-state index in [-0.39, 0.29) is 41.0 Å². The quantitative estimate of drug-likeness (QED) is 0.446. The van der Waals surface area contributed by atoms with Crippen LogP contribution in [0.5, 0.6) is 0 Å². The van der Waals surface area contributed by atoms with E-state index in [0.717, 1.165) is 19.3 Å². The Kier molecular flexibility index (Phi) is 7.09. The number of ether oxygens (including phenoxy) is 1. The molecule has 0 heterocycles. The normalized spacial score (nSPS) is 26.3. The highest BCUT2D eigenvalue weighted by molar-refractivity contribution is 14.0. The molecule has 5 heteroatoms. The fraction of sp³-hybridized carbons (Fsp3) is 0.929. The number of hydrogen-bond donors (Lipinski definition) is 2. The predicted molar refractivity (Wildman–Crippen MR) is 92.1 cm³/mol. The Morgan fingerprint density at radius 3 is 2.26 bits per heavy atom. The zero-order valence-electron chi connectivity index (χ0n) is 13.1. The molecular formula is C14H30IN3O. The van der Waals surface area contributed by atoms with Gasteiger partial charge in [0.2, 0.25) is 0 Å². The van der Waals surface area contributed by atoms with E-state index < -0.39 is 0 Å². The molecule has 0 aromatic carbocycles. The van der Waals surface area contributed by atoms with Crippen molar-refractivity contribution < 1.29 is 4.74 Å². The summed E-state index contributed by atoms with van der Waals surface area (Å²) in [5.41, 5.74) is 6.11. The van der Waals surface area contributed by atoms with E-state index in [2.05, 4.69) is 44.9 Å². The summed E-state index contributed by atoms with van der Waals surface area (Å²) in [5.74, 6) is 0.549. The second-order valence-electron chi connectivity index (χ2n) is 6.31. The molecule has 0 amide bonds. The molecule has 2 unspecified atom stereocenters. The van der Waals surface area contributed by atoms with Crippen LogP contribution in [0.25, 0.3) is 0 Å². The maximum absolute atomic E-state index is 5.99. The maximum atomic E-state index is 5.99. The van der Waals surface area contributed by atoms with Crippen molar-refractivity contribution in [3.63, 3.8) is 0 Å². The van der Waals surface area contributed by atoms with Gasteiger partial charge in [-0.3, -0.25) is 0 Å². The Morgan fingerprint density at radius 2 is 1.89 bits per heavy atom. The van der Waals surface area contributed by atoms with Gasteiger partial charge in [0.25, 0.3) is 0 Å². The first-order valence-corrected chi connectivity index (χ1v) is 6.93. The van der Waals surface area contributed by atoms with Gasteiger partial charge in [-0.2, -0.15) is 0 Å². The van der Waals surface area contributed by atoms with Gasteiger partial charge in [0.05, 0.1) is 12.1 Å². The molecule has 1 fully saturated rings. The molecule has 1 aliphatic carbocycles. The smallest absolute Gasteiger partial charge is 0.189 e. The average Bonchev–Trinajstić information content (AvgIpc) is 2.23. The number of methoxy groups -OCH3 is 1. The summed E-state index contributed by atoms with van der Waals surface area (Å²) >= 11 is 0. The Hall–Kier alpha value is -0.0400. The van der Waals surface area contributed by atoms with Crippen LogP contribution in [0.1, 0.15) is 53.9 Å². The minimum atomic E-state index is -0.0426. The Labute approximate surface area is 135 Å². The molecular weight excluding hydrogens is 353 g/mol. The van der Waals surface area contributed by atoms with Crippen LogP contribution in [0.4, 0.5) is 0 Å². The van der Waals surface area contributed by atoms with Crippen LogP contribution in [0, 0.1) is 5.41 Å². The van der Waals surface area contributed by atoms with Crippen LogP contribution in [0.2, 0.25) is 0 Å². The predicted octanol–water partition coefficient (Wildman–Crippen LogP) is 2.90. The molecule has 1 rings (SSSR count). The molecule has 0 aliphatic heterocycles. The SMILES string of the molecule is CCC1(CC)C(N=C(N)NC(C)(C)C)CC1OC.I. The van der Waals surface area contributed by atoms with E-state index in [9.17, 15) is 0 Å². The van der Waals surface area contributed by atoms with E-state index >= 15 is 0 Å². The molecule has 0 aromatic heterocycles. The van der Waals surface area contributed by atoms with Crippen LogP contribution in [-0.2, 0) is 4.74 Å². The fourth-order valence-corrected chi connectivity index (χ4v) is 3.00. The summed E-state index contributed by atoms with van der Waals surface area (Å²) in [6.07, 6.45) is 3.46. The number of rotatable bonds is 4. The third-order valence-corrected chi connectivity index (χ3v) is 4.14. The third-order valence-electron chi connectivity index (χ3n) is 4.14. The van der Waals surface area contributed by atoms with Crippen molar-refractivity contribution in [3.8, 4) is 0 Å². The second kappa shape index (κ2) is 7.11. The third kappa shape index (κ3) is 4.21. The van der Waals surface area contributed by atoms with Crippen LogP contribution in [0.3, 0.4) is 0 Å². The minimum Gasteiger partial charge on any atom is -0.381 e. The molecule has 2 atom stereocenters. The van der Waals surface area contributed by atoms with Crippen LogP contribution in [0.15, 0.2) is 4.99 Å². The Morgan fingerprint density at radius 1 is 1.37 bits per heavy atom. The number of hydrogen-bond acceptors (Lipinski definition) is 2. The van der Waals surface area contributed by atoms with E-state index in [1.54, 1.807) is 7.11 Å². The number of nitrogens with one attached hydrogen (secondary N) is 1. The van der Waals surface area contributed by atoms with Gasteiger partial charge in [-0.1, -0.05) is 13.8 Å². The van der Waals surface area contributed by atoms with Crippen molar-refractivity contribution in [2.24, 2.45) is 16.1 Å². The molecule has 114 valence electrons. The molecule has 3 N–H and O–H groups in total. The minimum absolute atomic E-state index is 0. The molecule has 4 nitrogen and oxygen atoms in total. The van der Waals surface area contributed by atoms with E-state index in [1.807, 2.05) is 0 Å². The highest BCUT2D eigenvalue weighted by Crippen LogP contribution is 2.50. The molecule has 1 aliphatic rings. The lowest BCUT2D eigenvalue weighted by Gasteiger charge is -2.53. The first kappa shape index (κ1) is 19.0. The fourth-order valence-electron chi connectivity index (χ4n) is 3.00. The lowest BCUT2D eigenvalue weighted by Crippen LogP contribution is -2.58. The number of nitrogens with two attached hydrogens (primary N) is 1. The molecule has 0 radical (unpaired) electrons. The monoisotopic (exact) mass is 383 g/mol. The summed E-state index contributed by atoms with van der Waals surface area (Å²) in [6, 6.07) is 0.285. The van der Waals surface area contributed by atoms with Crippen molar-refractivity contribution in [1.29, 1.82) is 0 Å². The van der Waals surface area contributed by atoms with Gasteiger partial charge >= 0.3 is 0 Å². The zero-order chi connectivity index (χ0) is 14.0. The van der Waals surface area contributed by atoms with Gasteiger partial charge in [0, 0.05) is 18.1 Å². The highest BCUT2D eigenvalue weighted by Gasteiger charge is 2.53. The van der Waals surface area contributed by atoms with Crippen LogP contribution < -0.4 is 11.1 Å². The molecule has 0 saturated heterocycles. The molecule has 0 spiro atoms. The maximum Gasteiger partial charge on any atom is 0.189 e. The van der Waals surface area contributed by atoms with Crippen LogP contribution >= 0.6 is 24.0 Å². The summed E-state index contributed by atoms with van der Waals surface area (Å²) in [7, 11) is 1.79. The molecule has 19 heavy (non-hydrogen) atoms. The van der Waals surface area contributed by atoms with Gasteiger partial charge in [-0.05, 0) is 40.0 Å². The first-order valence-electron chi connectivity index (χ1n) is 6.93. The van der Waals surface area contributed by atoms with Crippen LogP contribution in [-0.4, -0.2) is 30.8 Å². The number of halogens is 1.